The van der Waals surface area contributed by atoms with Gasteiger partial charge >= 0.3 is 0 Å². The zero-order chi connectivity index (χ0) is 12.4. The molecule has 1 fully saturated rings. The predicted molar refractivity (Wildman–Crippen MR) is 71.4 cm³/mol. The molecular formula is C12H18N2O2S. The Morgan fingerprint density at radius 2 is 2.00 bits per heavy atom. The first kappa shape index (κ1) is 12.2. The van der Waals surface area contributed by atoms with Crippen LogP contribution in [0, 0.1) is 0 Å². The highest BCUT2D eigenvalue weighted by atomic mass is 32.1. The molecule has 5 heteroatoms. The van der Waals surface area contributed by atoms with E-state index in [1.165, 1.54) is 30.6 Å². The first-order valence-corrected chi connectivity index (χ1v) is 6.69. The molecule has 1 aromatic rings. The Kier molecular flexibility index (Phi) is 3.57. The third kappa shape index (κ3) is 2.24. The average Bonchev–Trinajstić information content (AvgIpc) is 2.67. The van der Waals surface area contributed by atoms with Gasteiger partial charge in [-0.3, -0.25) is 4.79 Å². The number of nitrogens with two attached hydrogens (primary N) is 1. The lowest BCUT2D eigenvalue weighted by Gasteiger charge is -2.27. The number of thiophene rings is 1. The van der Waals surface area contributed by atoms with Gasteiger partial charge in [-0.2, -0.15) is 0 Å². The standard InChI is InChI=1S/C12H18N2O2S/c1-8(15)11-9(13)10(16-2)12(17-11)14-6-4-3-5-7-14/h3-7,13H2,1-2H3. The number of carbonyl (C=O) groups excluding carboxylic acids is 1. The summed E-state index contributed by atoms with van der Waals surface area (Å²) in [6.07, 6.45) is 3.66. The largest absolute Gasteiger partial charge is 0.492 e. The molecule has 0 atom stereocenters. The third-order valence-corrected chi connectivity index (χ3v) is 4.40. The molecule has 0 aromatic carbocycles. The highest BCUT2D eigenvalue weighted by Crippen LogP contribution is 2.45. The fourth-order valence-electron chi connectivity index (χ4n) is 2.18. The van der Waals surface area contributed by atoms with Gasteiger partial charge in [-0.25, -0.2) is 0 Å². The third-order valence-electron chi connectivity index (χ3n) is 3.05. The van der Waals surface area contributed by atoms with Crippen molar-refractivity contribution in [2.45, 2.75) is 26.2 Å². The fourth-order valence-corrected chi connectivity index (χ4v) is 3.32. The quantitative estimate of drug-likeness (QED) is 0.842. The average molecular weight is 254 g/mol. The molecule has 1 saturated heterocycles. The summed E-state index contributed by atoms with van der Waals surface area (Å²) in [7, 11) is 1.61. The second-order valence-corrected chi connectivity index (χ2v) is 5.29. The molecule has 0 amide bonds. The molecule has 0 spiro atoms. The van der Waals surface area contributed by atoms with Crippen LogP contribution in [-0.4, -0.2) is 26.0 Å². The smallest absolute Gasteiger partial charge is 0.177 e. The molecule has 2 rings (SSSR count). The molecule has 0 aliphatic carbocycles. The van der Waals surface area contributed by atoms with Crippen LogP contribution in [0.1, 0.15) is 35.9 Å². The summed E-state index contributed by atoms with van der Waals surface area (Å²) >= 11 is 1.45. The number of nitrogen functional groups attached to an aromatic ring is 1. The van der Waals surface area contributed by atoms with Gasteiger partial charge in [-0.15, -0.1) is 11.3 Å². The van der Waals surface area contributed by atoms with Crippen LogP contribution in [0.25, 0.3) is 0 Å². The van der Waals surface area contributed by atoms with Crippen molar-refractivity contribution >= 4 is 27.8 Å². The number of Topliss-reactive ketones (excluding diaryl/α,β-unsaturated/α-hetero) is 1. The summed E-state index contributed by atoms with van der Waals surface area (Å²) in [5.74, 6) is 0.677. The molecule has 94 valence electrons. The summed E-state index contributed by atoms with van der Waals surface area (Å²) in [5, 5.41) is 1.01. The molecule has 0 bridgehead atoms. The number of anilines is 2. The maximum absolute atomic E-state index is 11.5. The lowest BCUT2D eigenvalue weighted by molar-refractivity contribution is 0.102. The highest BCUT2D eigenvalue weighted by Gasteiger charge is 2.24. The van der Waals surface area contributed by atoms with Crippen LogP contribution in [0.4, 0.5) is 10.7 Å². The first-order chi connectivity index (χ1) is 8.15. The van der Waals surface area contributed by atoms with Crippen molar-refractivity contribution in [3.8, 4) is 5.75 Å². The molecule has 2 N–H and O–H groups in total. The number of methoxy groups -OCH3 is 1. The Balaban J connectivity index is 2.38. The Bertz CT molecular complexity index is 422. The van der Waals surface area contributed by atoms with Crippen LogP contribution in [0.15, 0.2) is 0 Å². The van der Waals surface area contributed by atoms with Gasteiger partial charge in [0.1, 0.15) is 5.00 Å². The lowest BCUT2D eigenvalue weighted by atomic mass is 10.1. The van der Waals surface area contributed by atoms with Crippen LogP contribution >= 0.6 is 11.3 Å². The minimum atomic E-state index is 0.00839. The van der Waals surface area contributed by atoms with E-state index in [9.17, 15) is 4.79 Å². The van der Waals surface area contributed by atoms with E-state index in [-0.39, 0.29) is 5.78 Å². The number of ketones is 1. The Morgan fingerprint density at radius 1 is 1.35 bits per heavy atom. The van der Waals surface area contributed by atoms with E-state index in [0.717, 1.165) is 18.1 Å². The monoisotopic (exact) mass is 254 g/mol. The van der Waals surface area contributed by atoms with Crippen LogP contribution < -0.4 is 15.4 Å². The normalized spacial score (nSPS) is 16.0. The van der Waals surface area contributed by atoms with E-state index < -0.39 is 0 Å². The molecule has 17 heavy (non-hydrogen) atoms. The van der Waals surface area contributed by atoms with Crippen LogP contribution in [0.3, 0.4) is 0 Å². The molecule has 0 radical (unpaired) electrons. The van der Waals surface area contributed by atoms with E-state index in [1.807, 2.05) is 0 Å². The molecule has 0 saturated carbocycles. The second kappa shape index (κ2) is 4.96. The summed E-state index contributed by atoms with van der Waals surface area (Å²) in [4.78, 5) is 14.4. The van der Waals surface area contributed by atoms with Crippen molar-refractivity contribution in [2.24, 2.45) is 0 Å². The number of carbonyl (C=O) groups is 1. The topological polar surface area (TPSA) is 55.6 Å². The van der Waals surface area contributed by atoms with Gasteiger partial charge in [0.25, 0.3) is 0 Å². The summed E-state index contributed by atoms with van der Waals surface area (Å²) < 4.78 is 5.35. The lowest BCUT2D eigenvalue weighted by Crippen LogP contribution is -2.28. The molecule has 1 aromatic heterocycles. The van der Waals surface area contributed by atoms with Crippen LogP contribution in [0.5, 0.6) is 5.75 Å². The summed E-state index contributed by atoms with van der Waals surface area (Å²) in [5.41, 5.74) is 6.45. The van der Waals surface area contributed by atoms with E-state index in [4.69, 9.17) is 10.5 Å². The number of hydrogen-bond donors (Lipinski definition) is 1. The number of piperidine rings is 1. The highest BCUT2D eigenvalue weighted by molar-refractivity contribution is 7.19. The summed E-state index contributed by atoms with van der Waals surface area (Å²) in [6, 6.07) is 0. The number of ether oxygens (including phenoxy) is 1. The minimum Gasteiger partial charge on any atom is -0.492 e. The van der Waals surface area contributed by atoms with E-state index >= 15 is 0 Å². The molecule has 0 unspecified atom stereocenters. The molecule has 1 aliphatic heterocycles. The number of rotatable bonds is 3. The van der Waals surface area contributed by atoms with Crippen LogP contribution in [0.2, 0.25) is 0 Å². The Morgan fingerprint density at radius 3 is 2.53 bits per heavy atom. The number of hydrogen-bond acceptors (Lipinski definition) is 5. The van der Waals surface area contributed by atoms with E-state index in [2.05, 4.69) is 4.90 Å². The SMILES string of the molecule is COc1c(N2CCCCC2)sc(C(C)=O)c1N. The van der Waals surface area contributed by atoms with Crippen molar-refractivity contribution in [3.63, 3.8) is 0 Å². The van der Waals surface area contributed by atoms with Crippen LogP contribution in [-0.2, 0) is 0 Å². The van der Waals surface area contributed by atoms with Gasteiger partial charge in [-0.05, 0) is 19.3 Å². The molecule has 2 heterocycles. The van der Waals surface area contributed by atoms with Gasteiger partial charge in [0.2, 0.25) is 0 Å². The van der Waals surface area contributed by atoms with Gasteiger partial charge in [0.05, 0.1) is 17.7 Å². The molecular weight excluding hydrogens is 236 g/mol. The van der Waals surface area contributed by atoms with E-state index in [1.54, 1.807) is 14.0 Å². The number of nitrogens with zero attached hydrogens (tertiary/aromatic N) is 1. The van der Waals surface area contributed by atoms with Crippen molar-refractivity contribution in [1.29, 1.82) is 0 Å². The molecule has 1 aliphatic rings. The predicted octanol–water partition coefficient (Wildman–Crippen LogP) is 2.53. The fraction of sp³-hybridized carbons (Fsp3) is 0.583. The first-order valence-electron chi connectivity index (χ1n) is 5.87. The molecule has 4 nitrogen and oxygen atoms in total. The van der Waals surface area contributed by atoms with Crippen molar-refractivity contribution in [2.75, 3.05) is 30.8 Å². The van der Waals surface area contributed by atoms with Gasteiger partial charge in [-0.1, -0.05) is 0 Å². The Labute approximate surface area is 105 Å². The Hall–Kier alpha value is -1.23. The maximum Gasteiger partial charge on any atom is 0.177 e. The minimum absolute atomic E-state index is 0.00839. The van der Waals surface area contributed by atoms with Gasteiger partial charge in [0.15, 0.2) is 11.5 Å². The maximum atomic E-state index is 11.5. The second-order valence-electron chi connectivity index (χ2n) is 4.29. The van der Waals surface area contributed by atoms with Gasteiger partial charge in [0, 0.05) is 20.0 Å². The zero-order valence-corrected chi connectivity index (χ0v) is 11.1. The van der Waals surface area contributed by atoms with Crippen molar-refractivity contribution in [1.82, 2.24) is 0 Å². The van der Waals surface area contributed by atoms with Crippen molar-refractivity contribution in [3.05, 3.63) is 4.88 Å². The zero-order valence-electron chi connectivity index (χ0n) is 10.3. The van der Waals surface area contributed by atoms with Gasteiger partial charge < -0.3 is 15.4 Å². The summed E-state index contributed by atoms with van der Waals surface area (Å²) in [6.45, 7) is 3.59. The van der Waals surface area contributed by atoms with E-state index in [0.29, 0.717) is 16.3 Å². The van der Waals surface area contributed by atoms with Crippen molar-refractivity contribution < 1.29 is 9.53 Å².